The van der Waals surface area contributed by atoms with Gasteiger partial charge in [-0.3, -0.25) is 19.8 Å². The van der Waals surface area contributed by atoms with Crippen LogP contribution in [0.1, 0.15) is 46.0 Å². The van der Waals surface area contributed by atoms with Gasteiger partial charge in [-0.1, -0.05) is 12.1 Å². The number of anilines is 2. The Bertz CT molecular complexity index is 1780. The number of nitriles is 1. The Labute approximate surface area is 223 Å². The highest BCUT2D eigenvalue weighted by molar-refractivity contribution is 7.93. The lowest BCUT2D eigenvalue weighted by Gasteiger charge is -2.32. The fourth-order valence-corrected chi connectivity index (χ4v) is 6.89. The third-order valence-corrected chi connectivity index (χ3v) is 8.63. The molecule has 0 saturated heterocycles. The minimum absolute atomic E-state index is 0.100. The van der Waals surface area contributed by atoms with Crippen LogP contribution < -0.4 is 10.0 Å². The normalized spacial score (nSPS) is 14.4. The summed E-state index contributed by atoms with van der Waals surface area (Å²) in [7, 11) is -4.52. The molecule has 4 aromatic rings. The van der Waals surface area contributed by atoms with Gasteiger partial charge in [-0.2, -0.15) is 5.26 Å². The van der Waals surface area contributed by atoms with E-state index in [2.05, 4.69) is 11.1 Å². The van der Waals surface area contributed by atoms with Gasteiger partial charge in [-0.15, -0.1) is 0 Å². The van der Waals surface area contributed by atoms with Crippen molar-refractivity contribution in [3.05, 3.63) is 111 Å². The number of nitro benzene ring substituents is 1. The molecule has 0 bridgehead atoms. The SMILES string of the molecule is Cc1cc(C#N)cc2c1C(N(c1ccc(N)c(C(=N)c3cnco3)c1)S(=O)(=O)c1ccccc1[N+](=O)[O-])CC2. The molecular formula is C27H22N6O5S. The van der Waals surface area contributed by atoms with E-state index in [0.717, 1.165) is 27.1 Å². The Kier molecular flexibility index (Phi) is 6.37. The Morgan fingerprint density at radius 3 is 2.72 bits per heavy atom. The topological polar surface area (TPSA) is 180 Å². The molecule has 1 aliphatic carbocycles. The highest BCUT2D eigenvalue weighted by atomic mass is 32.2. The van der Waals surface area contributed by atoms with Crippen LogP contribution in [-0.4, -0.2) is 24.0 Å². The van der Waals surface area contributed by atoms with Gasteiger partial charge < -0.3 is 10.2 Å². The molecule has 1 atom stereocenters. The van der Waals surface area contributed by atoms with Crippen LogP contribution in [-0.2, 0) is 16.4 Å². The molecule has 1 aromatic heterocycles. The van der Waals surface area contributed by atoms with Crippen LogP contribution in [0.15, 0.2) is 76.5 Å². The van der Waals surface area contributed by atoms with E-state index in [9.17, 15) is 23.8 Å². The fourth-order valence-electron chi connectivity index (χ4n) is 5.08. The zero-order valence-electron chi connectivity index (χ0n) is 20.7. The van der Waals surface area contributed by atoms with Crippen molar-refractivity contribution in [2.45, 2.75) is 30.7 Å². The number of nitrogen functional groups attached to an aromatic ring is 1. The maximum Gasteiger partial charge on any atom is 0.289 e. The highest BCUT2D eigenvalue weighted by Crippen LogP contribution is 2.45. The van der Waals surface area contributed by atoms with Crippen molar-refractivity contribution >= 4 is 32.8 Å². The average Bonchev–Trinajstić information content (AvgIpc) is 3.60. The quantitative estimate of drug-likeness (QED) is 0.146. The second kappa shape index (κ2) is 9.70. The van der Waals surface area contributed by atoms with Crippen LogP contribution in [0.3, 0.4) is 0 Å². The Morgan fingerprint density at radius 2 is 2.03 bits per heavy atom. The first-order chi connectivity index (χ1) is 18.6. The van der Waals surface area contributed by atoms with Gasteiger partial charge in [0, 0.05) is 17.3 Å². The van der Waals surface area contributed by atoms with Crippen molar-refractivity contribution in [1.82, 2.24) is 4.98 Å². The molecule has 0 fully saturated rings. The Balaban J connectivity index is 1.75. The lowest BCUT2D eigenvalue weighted by atomic mass is 9.98. The second-order valence-corrected chi connectivity index (χ2v) is 10.9. The first-order valence-corrected chi connectivity index (χ1v) is 13.3. The minimum Gasteiger partial charge on any atom is -0.442 e. The third kappa shape index (κ3) is 4.38. The number of aromatic nitrogens is 1. The number of nitrogens with zero attached hydrogens (tertiary/aromatic N) is 4. The van der Waals surface area contributed by atoms with Gasteiger partial charge in [-0.25, -0.2) is 13.4 Å². The molecule has 1 unspecified atom stereocenters. The summed E-state index contributed by atoms with van der Waals surface area (Å²) in [6.45, 7) is 1.81. The van der Waals surface area contributed by atoms with Crippen molar-refractivity contribution in [3.63, 3.8) is 0 Å². The van der Waals surface area contributed by atoms with Gasteiger partial charge in [-0.05, 0) is 72.9 Å². The number of nitrogens with one attached hydrogen (secondary N) is 1. The van der Waals surface area contributed by atoms with Gasteiger partial charge in [0.05, 0.1) is 34.5 Å². The van der Waals surface area contributed by atoms with E-state index in [1.807, 2.05) is 6.92 Å². The number of aryl methyl sites for hydroxylation is 2. The van der Waals surface area contributed by atoms with Gasteiger partial charge in [0.25, 0.3) is 15.7 Å². The molecule has 1 heterocycles. The minimum atomic E-state index is -4.52. The molecule has 1 aliphatic rings. The summed E-state index contributed by atoms with van der Waals surface area (Å²) in [6.07, 6.45) is 3.40. The molecule has 12 heteroatoms. The number of para-hydroxylation sites is 1. The van der Waals surface area contributed by atoms with Crippen molar-refractivity contribution in [2.24, 2.45) is 0 Å². The number of benzene rings is 3. The van der Waals surface area contributed by atoms with Crippen molar-refractivity contribution < 1.29 is 17.8 Å². The summed E-state index contributed by atoms with van der Waals surface area (Å²) in [5.74, 6) is 0.137. The van der Waals surface area contributed by atoms with Gasteiger partial charge in [0.2, 0.25) is 0 Å². The van der Waals surface area contributed by atoms with E-state index in [0.29, 0.717) is 18.4 Å². The summed E-state index contributed by atoms with van der Waals surface area (Å²) in [5.41, 5.74) is 8.89. The monoisotopic (exact) mass is 542 g/mol. The van der Waals surface area contributed by atoms with E-state index in [1.54, 1.807) is 12.1 Å². The molecule has 0 radical (unpaired) electrons. The first-order valence-electron chi connectivity index (χ1n) is 11.8. The van der Waals surface area contributed by atoms with E-state index in [1.165, 1.54) is 49.0 Å². The number of oxazole rings is 1. The predicted octanol–water partition coefficient (Wildman–Crippen LogP) is 4.64. The zero-order valence-corrected chi connectivity index (χ0v) is 21.5. The summed E-state index contributed by atoms with van der Waals surface area (Å²) >= 11 is 0. The van der Waals surface area contributed by atoms with Crippen molar-refractivity contribution in [3.8, 4) is 6.07 Å². The highest BCUT2D eigenvalue weighted by Gasteiger charge is 2.40. The molecule has 39 heavy (non-hydrogen) atoms. The number of sulfonamides is 1. The number of hydrogen-bond acceptors (Lipinski definition) is 9. The zero-order chi connectivity index (χ0) is 27.9. The van der Waals surface area contributed by atoms with Crippen LogP contribution in [0.4, 0.5) is 17.1 Å². The molecular weight excluding hydrogens is 520 g/mol. The van der Waals surface area contributed by atoms with E-state index < -0.39 is 31.6 Å². The number of rotatable bonds is 7. The van der Waals surface area contributed by atoms with Gasteiger partial charge >= 0.3 is 0 Å². The average molecular weight is 543 g/mol. The molecule has 196 valence electrons. The Morgan fingerprint density at radius 1 is 1.26 bits per heavy atom. The fraction of sp³-hybridized carbons (Fsp3) is 0.148. The molecule has 3 aromatic carbocycles. The summed E-state index contributed by atoms with van der Waals surface area (Å²) in [5, 5.41) is 29.8. The number of nitro groups is 1. The standard InChI is InChI=1S/C27H22N6O5S/c1-16-10-17(13-28)11-18-6-9-23(26(16)18)32(39(36,37)25-5-3-2-4-22(25)33(34)35)19-7-8-21(29)20(12-19)27(30)24-14-31-15-38-24/h2-5,7-8,10-12,14-15,23,30H,6,9,29H2,1H3. The largest absolute Gasteiger partial charge is 0.442 e. The van der Waals surface area contributed by atoms with Crippen LogP contribution >= 0.6 is 0 Å². The molecule has 0 amide bonds. The maximum atomic E-state index is 14.3. The molecule has 11 nitrogen and oxygen atoms in total. The van der Waals surface area contributed by atoms with Crippen molar-refractivity contribution in [1.29, 1.82) is 10.7 Å². The smallest absolute Gasteiger partial charge is 0.289 e. The van der Waals surface area contributed by atoms with Crippen LogP contribution in [0.25, 0.3) is 0 Å². The molecule has 0 saturated carbocycles. The molecule has 3 N–H and O–H groups in total. The van der Waals surface area contributed by atoms with E-state index in [-0.39, 0.29) is 28.4 Å². The number of fused-ring (bicyclic) bond motifs is 1. The summed E-state index contributed by atoms with van der Waals surface area (Å²) in [6, 6.07) is 14.5. The third-order valence-electron chi connectivity index (χ3n) is 6.74. The summed E-state index contributed by atoms with van der Waals surface area (Å²) in [4.78, 5) is 14.5. The van der Waals surface area contributed by atoms with Crippen LogP contribution in [0, 0.1) is 33.8 Å². The Hall–Kier alpha value is -5.02. The molecule has 5 rings (SSSR count). The molecule has 0 spiro atoms. The first kappa shape index (κ1) is 25.6. The van der Waals surface area contributed by atoms with Crippen molar-refractivity contribution in [2.75, 3.05) is 10.0 Å². The lowest BCUT2D eigenvalue weighted by molar-refractivity contribution is -0.387. The molecule has 0 aliphatic heterocycles. The maximum absolute atomic E-state index is 14.3. The number of hydrogen-bond donors (Lipinski definition) is 2. The summed E-state index contributed by atoms with van der Waals surface area (Å²) < 4.78 is 35.1. The van der Waals surface area contributed by atoms with Crippen LogP contribution in [0.5, 0.6) is 0 Å². The van der Waals surface area contributed by atoms with Gasteiger partial charge in [0.1, 0.15) is 5.71 Å². The number of nitrogens with two attached hydrogens (primary N) is 1. The van der Waals surface area contributed by atoms with Gasteiger partial charge in [0.15, 0.2) is 17.0 Å². The second-order valence-electron chi connectivity index (χ2n) is 9.07. The van der Waals surface area contributed by atoms with Crippen LogP contribution in [0.2, 0.25) is 0 Å². The van der Waals surface area contributed by atoms with E-state index in [4.69, 9.17) is 15.6 Å². The predicted molar refractivity (Wildman–Crippen MR) is 143 cm³/mol. The van der Waals surface area contributed by atoms with E-state index >= 15 is 0 Å². The lowest BCUT2D eigenvalue weighted by Crippen LogP contribution is -2.35.